The molecule has 0 spiro atoms. The number of hydrogen-bond acceptors (Lipinski definition) is 6. The summed E-state index contributed by atoms with van der Waals surface area (Å²) in [5.74, 6) is 0.663. The monoisotopic (exact) mass is 556 g/mol. The Hall–Kier alpha value is -5.31. The van der Waals surface area contributed by atoms with Crippen LogP contribution in [0.2, 0.25) is 0 Å². The van der Waals surface area contributed by atoms with E-state index in [2.05, 4.69) is 34.8 Å². The Bertz CT molecular complexity index is 1710. The van der Waals surface area contributed by atoms with Crippen molar-refractivity contribution in [2.24, 2.45) is 0 Å². The second-order valence-corrected chi connectivity index (χ2v) is 9.99. The van der Waals surface area contributed by atoms with Crippen LogP contribution >= 0.6 is 0 Å². The molecule has 9 nitrogen and oxygen atoms in total. The summed E-state index contributed by atoms with van der Waals surface area (Å²) in [4.78, 5) is 28.6. The Morgan fingerprint density at radius 2 is 1.50 bits per heavy atom. The van der Waals surface area contributed by atoms with Crippen LogP contribution in [-0.4, -0.2) is 41.8 Å². The Morgan fingerprint density at radius 3 is 2.12 bits per heavy atom. The quantitative estimate of drug-likeness (QED) is 0.208. The topological polar surface area (TPSA) is 103 Å². The first kappa shape index (κ1) is 26.9. The van der Waals surface area contributed by atoms with E-state index in [0.29, 0.717) is 42.0 Å². The number of carbonyl (C=O) groups excluding carboxylic acids is 1. The van der Waals surface area contributed by atoms with Gasteiger partial charge in [-0.2, -0.15) is 15.1 Å². The van der Waals surface area contributed by atoms with E-state index < -0.39 is 5.92 Å². The summed E-state index contributed by atoms with van der Waals surface area (Å²) in [7, 11) is 0. The molecule has 3 aromatic carbocycles. The molecule has 210 valence electrons. The molecule has 0 aliphatic rings. The van der Waals surface area contributed by atoms with E-state index in [9.17, 15) is 4.79 Å². The van der Waals surface area contributed by atoms with Crippen molar-refractivity contribution in [1.29, 1.82) is 0 Å². The molecule has 0 unspecified atom stereocenters. The summed E-state index contributed by atoms with van der Waals surface area (Å²) in [6.07, 6.45) is 5.23. The minimum Gasteiger partial charge on any atom is -0.354 e. The highest BCUT2D eigenvalue weighted by atomic mass is 16.2. The smallest absolute Gasteiger partial charge is 0.237 e. The van der Waals surface area contributed by atoms with E-state index in [1.807, 2.05) is 95.7 Å². The lowest BCUT2D eigenvalue weighted by Crippen LogP contribution is -2.23. The van der Waals surface area contributed by atoms with Gasteiger partial charge in [-0.3, -0.25) is 9.36 Å². The van der Waals surface area contributed by atoms with Crippen LogP contribution in [0.3, 0.4) is 0 Å². The molecule has 0 radical (unpaired) electrons. The summed E-state index contributed by atoms with van der Waals surface area (Å²) in [6, 6.07) is 31.6. The Kier molecular flexibility index (Phi) is 7.98. The molecule has 0 aliphatic heterocycles. The Labute approximate surface area is 244 Å². The summed E-state index contributed by atoms with van der Waals surface area (Å²) < 4.78 is 3.73. The molecule has 0 saturated carbocycles. The first-order valence-corrected chi connectivity index (χ1v) is 14.2. The maximum Gasteiger partial charge on any atom is 0.237 e. The van der Waals surface area contributed by atoms with Crippen molar-refractivity contribution in [2.75, 3.05) is 17.2 Å². The predicted octanol–water partition coefficient (Wildman–Crippen LogP) is 5.85. The second-order valence-electron chi connectivity index (χ2n) is 9.99. The van der Waals surface area contributed by atoms with Gasteiger partial charge in [0.2, 0.25) is 17.8 Å². The molecule has 0 fully saturated rings. The number of rotatable bonds is 11. The van der Waals surface area contributed by atoms with E-state index in [4.69, 9.17) is 15.0 Å². The molecule has 6 rings (SSSR count). The van der Waals surface area contributed by atoms with Gasteiger partial charge in [0.15, 0.2) is 17.0 Å². The number of imidazole rings is 1. The van der Waals surface area contributed by atoms with Crippen LogP contribution in [-0.2, 0) is 17.8 Å². The molecule has 3 heterocycles. The molecule has 6 aromatic rings. The van der Waals surface area contributed by atoms with Crippen molar-refractivity contribution >= 4 is 28.8 Å². The Morgan fingerprint density at radius 1 is 0.833 bits per heavy atom. The standard InChI is InChI=1S/C33H32N8O/c1-2-22-40-30-28(36-33(40)41-23-12-20-35-41)29(38-32(39-30)34-21-19-24-13-6-3-7-14-24)37-31(42)27(25-15-8-4-9-16-25)26-17-10-5-11-18-26/h3-18,20,23,27H,2,19,21-22H2,1H3,(H2,34,37,38,39,42). The fourth-order valence-electron chi connectivity index (χ4n) is 5.09. The minimum absolute atomic E-state index is 0.201. The van der Waals surface area contributed by atoms with Crippen LogP contribution in [0.25, 0.3) is 17.1 Å². The third-order valence-corrected chi connectivity index (χ3v) is 7.04. The number of carbonyl (C=O) groups is 1. The SMILES string of the molecule is CCCn1c(-n2cccn2)nc2c(NC(=O)C(c3ccccc3)c3ccccc3)nc(NCCc3ccccc3)nc21. The van der Waals surface area contributed by atoms with Crippen LogP contribution < -0.4 is 10.6 Å². The fourth-order valence-corrected chi connectivity index (χ4v) is 5.09. The number of aromatic nitrogens is 6. The van der Waals surface area contributed by atoms with Gasteiger partial charge in [-0.05, 0) is 35.6 Å². The first-order valence-electron chi connectivity index (χ1n) is 14.2. The summed E-state index contributed by atoms with van der Waals surface area (Å²) >= 11 is 0. The summed E-state index contributed by atoms with van der Waals surface area (Å²) in [5, 5.41) is 10.9. The van der Waals surface area contributed by atoms with Crippen LogP contribution in [0, 0.1) is 0 Å². The van der Waals surface area contributed by atoms with Crippen LogP contribution in [0.15, 0.2) is 109 Å². The average Bonchev–Trinajstić information content (AvgIpc) is 3.68. The lowest BCUT2D eigenvalue weighted by atomic mass is 9.90. The predicted molar refractivity (Wildman–Crippen MR) is 165 cm³/mol. The van der Waals surface area contributed by atoms with Gasteiger partial charge in [-0.15, -0.1) is 0 Å². The number of fused-ring (bicyclic) bond motifs is 1. The van der Waals surface area contributed by atoms with Crippen LogP contribution in [0.4, 0.5) is 11.8 Å². The molecule has 1 amide bonds. The summed E-state index contributed by atoms with van der Waals surface area (Å²) in [6.45, 7) is 3.41. The van der Waals surface area contributed by atoms with E-state index >= 15 is 0 Å². The van der Waals surface area contributed by atoms with Gasteiger partial charge in [0, 0.05) is 25.5 Å². The molecule has 0 atom stereocenters. The number of benzene rings is 3. The first-order chi connectivity index (χ1) is 20.7. The number of amides is 1. The highest BCUT2D eigenvalue weighted by Crippen LogP contribution is 2.29. The molecule has 0 saturated heterocycles. The third kappa shape index (κ3) is 5.76. The summed E-state index contributed by atoms with van der Waals surface area (Å²) in [5.41, 5.74) is 4.13. The van der Waals surface area contributed by atoms with Gasteiger partial charge >= 0.3 is 0 Å². The van der Waals surface area contributed by atoms with Gasteiger partial charge in [0.05, 0.1) is 5.92 Å². The third-order valence-electron chi connectivity index (χ3n) is 7.04. The maximum atomic E-state index is 14.1. The molecule has 0 bridgehead atoms. The van der Waals surface area contributed by atoms with Crippen molar-refractivity contribution in [3.8, 4) is 5.95 Å². The number of nitrogens with zero attached hydrogens (tertiary/aromatic N) is 6. The number of aryl methyl sites for hydroxylation is 1. The Balaban J connectivity index is 1.41. The lowest BCUT2D eigenvalue weighted by molar-refractivity contribution is -0.116. The number of hydrogen-bond donors (Lipinski definition) is 2. The van der Waals surface area contributed by atoms with Gasteiger partial charge in [0.25, 0.3) is 0 Å². The minimum atomic E-state index is -0.532. The zero-order valence-corrected chi connectivity index (χ0v) is 23.4. The van der Waals surface area contributed by atoms with Gasteiger partial charge in [0.1, 0.15) is 0 Å². The molecular formula is C33H32N8O. The number of anilines is 2. The van der Waals surface area contributed by atoms with E-state index in [0.717, 1.165) is 24.0 Å². The van der Waals surface area contributed by atoms with Gasteiger partial charge in [-0.1, -0.05) is 97.9 Å². The van der Waals surface area contributed by atoms with Crippen molar-refractivity contribution < 1.29 is 4.79 Å². The van der Waals surface area contributed by atoms with Crippen molar-refractivity contribution in [1.82, 2.24) is 29.3 Å². The second kappa shape index (κ2) is 12.5. The zero-order valence-electron chi connectivity index (χ0n) is 23.4. The van der Waals surface area contributed by atoms with Crippen molar-refractivity contribution in [3.63, 3.8) is 0 Å². The zero-order chi connectivity index (χ0) is 28.7. The molecular weight excluding hydrogens is 524 g/mol. The lowest BCUT2D eigenvalue weighted by Gasteiger charge is -2.18. The molecule has 0 aliphatic carbocycles. The van der Waals surface area contributed by atoms with Gasteiger partial charge in [-0.25, -0.2) is 9.67 Å². The van der Waals surface area contributed by atoms with E-state index in [1.165, 1.54) is 5.56 Å². The fraction of sp³-hybridized carbons (Fsp3) is 0.182. The molecule has 42 heavy (non-hydrogen) atoms. The van der Waals surface area contributed by atoms with Crippen molar-refractivity contribution in [2.45, 2.75) is 32.2 Å². The van der Waals surface area contributed by atoms with Gasteiger partial charge < -0.3 is 10.6 Å². The van der Waals surface area contributed by atoms with E-state index in [1.54, 1.807) is 10.9 Å². The average molecular weight is 557 g/mol. The van der Waals surface area contributed by atoms with Crippen LogP contribution in [0.5, 0.6) is 0 Å². The maximum absolute atomic E-state index is 14.1. The van der Waals surface area contributed by atoms with E-state index in [-0.39, 0.29) is 5.91 Å². The number of nitrogens with one attached hydrogen (secondary N) is 2. The highest BCUT2D eigenvalue weighted by molar-refractivity contribution is 6.02. The van der Waals surface area contributed by atoms with Crippen molar-refractivity contribution in [3.05, 3.63) is 126 Å². The normalized spacial score (nSPS) is 11.2. The molecule has 2 N–H and O–H groups in total. The van der Waals surface area contributed by atoms with Crippen LogP contribution in [0.1, 0.15) is 36.0 Å². The highest BCUT2D eigenvalue weighted by Gasteiger charge is 2.26. The largest absolute Gasteiger partial charge is 0.354 e. The molecule has 9 heteroatoms. The molecule has 3 aromatic heterocycles.